The molecular formula is C19H19N3O2S2. The normalized spacial score (nSPS) is 10.7. The molecule has 0 aliphatic heterocycles. The van der Waals surface area contributed by atoms with Crippen molar-refractivity contribution in [2.24, 2.45) is 0 Å². The molecule has 7 heteroatoms. The van der Waals surface area contributed by atoms with Gasteiger partial charge in [-0.25, -0.2) is 0 Å². The molecule has 0 spiro atoms. The first kappa shape index (κ1) is 18.5. The monoisotopic (exact) mass is 385 g/mol. The highest BCUT2D eigenvalue weighted by Gasteiger charge is 2.18. The van der Waals surface area contributed by atoms with Crippen LogP contribution < -0.4 is 4.90 Å². The molecule has 0 N–H and O–H groups in total. The molecule has 0 atom stereocenters. The second-order valence-electron chi connectivity index (χ2n) is 5.48. The molecule has 0 saturated carbocycles. The van der Waals surface area contributed by atoms with Crippen LogP contribution in [0.15, 0.2) is 70.3 Å². The van der Waals surface area contributed by atoms with E-state index < -0.39 is 0 Å². The first-order valence-corrected chi connectivity index (χ1v) is 10.5. The van der Waals surface area contributed by atoms with Crippen LogP contribution in [-0.2, 0) is 17.1 Å². The van der Waals surface area contributed by atoms with Gasteiger partial charge in [-0.3, -0.25) is 4.79 Å². The van der Waals surface area contributed by atoms with E-state index in [1.165, 1.54) is 11.8 Å². The third-order valence-electron chi connectivity index (χ3n) is 3.59. The number of benzene rings is 2. The van der Waals surface area contributed by atoms with E-state index in [9.17, 15) is 4.79 Å². The number of anilines is 1. The number of nitrogens with zero attached hydrogens (tertiary/aromatic N) is 3. The van der Waals surface area contributed by atoms with Crippen molar-refractivity contribution >= 4 is 35.1 Å². The van der Waals surface area contributed by atoms with Crippen molar-refractivity contribution in [3.8, 4) is 0 Å². The largest absolute Gasteiger partial charge is 0.415 e. The van der Waals surface area contributed by atoms with Gasteiger partial charge in [-0.05, 0) is 24.0 Å². The van der Waals surface area contributed by atoms with Crippen molar-refractivity contribution in [1.82, 2.24) is 10.2 Å². The smallest absolute Gasteiger partial charge is 0.277 e. The molecule has 3 aromatic rings. The average molecular weight is 386 g/mol. The van der Waals surface area contributed by atoms with E-state index in [0.717, 1.165) is 11.3 Å². The van der Waals surface area contributed by atoms with Gasteiger partial charge in [0.25, 0.3) is 5.22 Å². The van der Waals surface area contributed by atoms with Crippen molar-refractivity contribution in [3.05, 3.63) is 72.1 Å². The third-order valence-corrected chi connectivity index (χ3v) is 4.93. The lowest BCUT2D eigenvalue weighted by Gasteiger charge is -2.22. The van der Waals surface area contributed by atoms with E-state index in [1.807, 2.05) is 66.9 Å². The summed E-state index contributed by atoms with van der Waals surface area (Å²) in [5.74, 6) is 1.49. The van der Waals surface area contributed by atoms with Gasteiger partial charge in [0.2, 0.25) is 11.8 Å². The van der Waals surface area contributed by atoms with Gasteiger partial charge in [0.15, 0.2) is 0 Å². The zero-order valence-electron chi connectivity index (χ0n) is 14.4. The van der Waals surface area contributed by atoms with Crippen LogP contribution >= 0.6 is 23.5 Å². The molecule has 0 saturated heterocycles. The van der Waals surface area contributed by atoms with Crippen LogP contribution in [0.2, 0.25) is 0 Å². The Bertz CT molecular complexity index is 825. The average Bonchev–Trinajstić information content (AvgIpc) is 3.13. The Morgan fingerprint density at radius 1 is 1.04 bits per heavy atom. The summed E-state index contributed by atoms with van der Waals surface area (Å²) >= 11 is 2.88. The summed E-state index contributed by atoms with van der Waals surface area (Å²) in [7, 11) is 0. The van der Waals surface area contributed by atoms with Crippen molar-refractivity contribution in [2.75, 3.05) is 16.9 Å². The molecule has 26 heavy (non-hydrogen) atoms. The molecule has 1 amide bonds. The number of rotatable bonds is 8. The van der Waals surface area contributed by atoms with Crippen LogP contribution in [0.5, 0.6) is 0 Å². The molecule has 5 nitrogen and oxygen atoms in total. The zero-order valence-corrected chi connectivity index (χ0v) is 16.0. The van der Waals surface area contributed by atoms with Gasteiger partial charge in [-0.2, -0.15) is 11.8 Å². The molecule has 0 fully saturated rings. The summed E-state index contributed by atoms with van der Waals surface area (Å²) in [6.45, 7) is 0.520. The number of para-hydroxylation sites is 1. The summed E-state index contributed by atoms with van der Waals surface area (Å²) in [5.41, 5.74) is 1.95. The maximum Gasteiger partial charge on any atom is 0.277 e. The van der Waals surface area contributed by atoms with Gasteiger partial charge in [0, 0.05) is 5.69 Å². The second-order valence-corrected chi connectivity index (χ2v) is 7.28. The molecule has 134 valence electrons. The van der Waals surface area contributed by atoms with Gasteiger partial charge >= 0.3 is 0 Å². The van der Waals surface area contributed by atoms with E-state index in [4.69, 9.17) is 4.42 Å². The fraction of sp³-hybridized carbons (Fsp3) is 0.211. The standard InChI is InChI=1S/C19H19N3O2S2/c1-25-13-17-20-21-19(24-17)26-14-18(23)22(16-10-6-3-7-11-16)12-15-8-4-2-5-9-15/h2-11H,12-14H2,1H3. The Morgan fingerprint density at radius 2 is 1.73 bits per heavy atom. The zero-order chi connectivity index (χ0) is 18.2. The van der Waals surface area contributed by atoms with Crippen LogP contribution in [0.4, 0.5) is 5.69 Å². The fourth-order valence-corrected chi connectivity index (χ4v) is 3.40. The molecule has 1 heterocycles. The molecule has 0 bridgehead atoms. The van der Waals surface area contributed by atoms with Crippen LogP contribution in [0.25, 0.3) is 0 Å². The molecule has 0 aliphatic rings. The van der Waals surface area contributed by atoms with Gasteiger partial charge in [0.05, 0.1) is 18.1 Å². The summed E-state index contributed by atoms with van der Waals surface area (Å²) in [6.07, 6.45) is 1.97. The highest BCUT2D eigenvalue weighted by Crippen LogP contribution is 2.22. The highest BCUT2D eigenvalue weighted by atomic mass is 32.2. The van der Waals surface area contributed by atoms with Gasteiger partial charge < -0.3 is 9.32 Å². The molecule has 0 unspecified atom stereocenters. The van der Waals surface area contributed by atoms with E-state index >= 15 is 0 Å². The summed E-state index contributed by atoms with van der Waals surface area (Å²) in [6, 6.07) is 19.6. The lowest BCUT2D eigenvalue weighted by Crippen LogP contribution is -2.31. The van der Waals surface area contributed by atoms with Crippen LogP contribution in [0, 0.1) is 0 Å². The van der Waals surface area contributed by atoms with Crippen LogP contribution in [-0.4, -0.2) is 28.1 Å². The van der Waals surface area contributed by atoms with E-state index in [2.05, 4.69) is 10.2 Å². The molecule has 1 aromatic heterocycles. The van der Waals surface area contributed by atoms with Crippen molar-refractivity contribution in [1.29, 1.82) is 0 Å². The third kappa shape index (κ3) is 5.12. The Hall–Kier alpha value is -2.25. The molecule has 3 rings (SSSR count). The van der Waals surface area contributed by atoms with Crippen molar-refractivity contribution < 1.29 is 9.21 Å². The number of thioether (sulfide) groups is 2. The van der Waals surface area contributed by atoms with Crippen molar-refractivity contribution in [2.45, 2.75) is 17.5 Å². The molecule has 2 aromatic carbocycles. The lowest BCUT2D eigenvalue weighted by molar-refractivity contribution is -0.116. The highest BCUT2D eigenvalue weighted by molar-refractivity contribution is 7.99. The number of hydrogen-bond acceptors (Lipinski definition) is 6. The minimum atomic E-state index is -0.00494. The van der Waals surface area contributed by atoms with Crippen LogP contribution in [0.3, 0.4) is 0 Å². The van der Waals surface area contributed by atoms with Gasteiger partial charge in [0.1, 0.15) is 0 Å². The molecular weight excluding hydrogens is 366 g/mol. The maximum atomic E-state index is 12.9. The Morgan fingerprint density at radius 3 is 2.42 bits per heavy atom. The minimum absolute atomic E-state index is 0.00494. The Balaban J connectivity index is 1.70. The number of carbonyl (C=O) groups is 1. The van der Waals surface area contributed by atoms with Crippen LogP contribution in [0.1, 0.15) is 11.5 Å². The number of aromatic nitrogens is 2. The van der Waals surface area contributed by atoms with Gasteiger partial charge in [-0.15, -0.1) is 10.2 Å². The second kappa shape index (κ2) is 9.45. The number of carbonyl (C=O) groups excluding carboxylic acids is 1. The van der Waals surface area contributed by atoms with Crippen molar-refractivity contribution in [3.63, 3.8) is 0 Å². The lowest BCUT2D eigenvalue weighted by atomic mass is 10.2. The van der Waals surface area contributed by atoms with E-state index in [1.54, 1.807) is 16.7 Å². The summed E-state index contributed by atoms with van der Waals surface area (Å²) in [4.78, 5) is 14.6. The first-order valence-electron chi connectivity index (χ1n) is 8.09. The fourth-order valence-electron chi connectivity index (χ4n) is 2.38. The molecule has 0 aliphatic carbocycles. The predicted octanol–water partition coefficient (Wildman–Crippen LogP) is 4.26. The maximum absolute atomic E-state index is 12.9. The SMILES string of the molecule is CSCc1nnc(SCC(=O)N(Cc2ccccc2)c2ccccc2)o1. The number of amides is 1. The first-order chi connectivity index (χ1) is 12.8. The number of hydrogen-bond donors (Lipinski definition) is 0. The molecule has 0 radical (unpaired) electrons. The topological polar surface area (TPSA) is 59.2 Å². The quantitative estimate of drug-likeness (QED) is 0.540. The Kier molecular flexibility index (Phi) is 6.74. The minimum Gasteiger partial charge on any atom is -0.415 e. The predicted molar refractivity (Wildman–Crippen MR) is 106 cm³/mol. The van der Waals surface area contributed by atoms with E-state index in [-0.39, 0.29) is 11.7 Å². The Labute approximate surface area is 161 Å². The van der Waals surface area contributed by atoms with Gasteiger partial charge in [-0.1, -0.05) is 60.3 Å². The summed E-state index contributed by atoms with van der Waals surface area (Å²) < 4.78 is 5.53. The summed E-state index contributed by atoms with van der Waals surface area (Å²) in [5, 5.41) is 8.38. The van der Waals surface area contributed by atoms with E-state index in [0.29, 0.717) is 23.4 Å².